The van der Waals surface area contributed by atoms with E-state index >= 15 is 0 Å². The molecule has 2 atom stereocenters. The van der Waals surface area contributed by atoms with Crippen molar-refractivity contribution in [2.75, 3.05) is 7.11 Å². The maximum atomic E-state index is 12.5. The maximum Gasteiger partial charge on any atom is 0.353 e. The average molecular weight is 334 g/mol. The lowest BCUT2D eigenvalue weighted by Crippen LogP contribution is -2.65. The fourth-order valence-electron chi connectivity index (χ4n) is 3.20. The molecule has 0 saturated carbocycles. The Kier molecular flexibility index (Phi) is 3.93. The summed E-state index contributed by atoms with van der Waals surface area (Å²) in [6, 6.07) is 3.50. The highest BCUT2D eigenvalue weighted by atomic mass is 32.2. The molecule has 122 valence electrons. The number of hydrogen-bond donors (Lipinski definition) is 1. The summed E-state index contributed by atoms with van der Waals surface area (Å²) in [6.07, 6.45) is 3.86. The first-order valence-corrected chi connectivity index (χ1v) is 8.11. The van der Waals surface area contributed by atoms with Gasteiger partial charge >= 0.3 is 5.97 Å². The minimum atomic E-state index is -1.06. The van der Waals surface area contributed by atoms with E-state index in [0.717, 1.165) is 4.90 Å². The molecule has 0 bridgehead atoms. The molecule has 1 aromatic rings. The quantitative estimate of drug-likeness (QED) is 0.831. The molecule has 0 spiro atoms. The van der Waals surface area contributed by atoms with E-state index in [4.69, 9.17) is 4.74 Å². The lowest BCUT2D eigenvalue weighted by atomic mass is 9.76. The van der Waals surface area contributed by atoms with Crippen LogP contribution in [-0.2, 0) is 14.3 Å². The van der Waals surface area contributed by atoms with Crippen LogP contribution in [0.15, 0.2) is 40.0 Å². The Morgan fingerprint density at radius 3 is 2.65 bits per heavy atom. The molecule has 3 heterocycles. The monoisotopic (exact) mass is 334 g/mol. The number of rotatable bonds is 5. The number of β-lactam (4-membered cyclic amide) rings is 1. The summed E-state index contributed by atoms with van der Waals surface area (Å²) in [5, 5.41) is 9.54. The van der Waals surface area contributed by atoms with Gasteiger partial charge in [-0.2, -0.15) is 0 Å². The van der Waals surface area contributed by atoms with Crippen LogP contribution in [0.3, 0.4) is 0 Å². The molecule has 0 aliphatic carbocycles. The zero-order chi connectivity index (χ0) is 16.8. The van der Waals surface area contributed by atoms with Gasteiger partial charge < -0.3 is 14.7 Å². The molecule has 2 aliphatic rings. The summed E-state index contributed by atoms with van der Waals surface area (Å²) in [7, 11) is 1.57. The predicted octanol–water partition coefficient (Wildman–Crippen LogP) is 2.13. The topological polar surface area (TPSA) is 79.7 Å². The number of aromatic nitrogens is 1. The van der Waals surface area contributed by atoms with Crippen LogP contribution in [0.2, 0.25) is 0 Å². The molecule has 1 aromatic heterocycles. The van der Waals surface area contributed by atoms with E-state index in [9.17, 15) is 14.7 Å². The van der Waals surface area contributed by atoms with Gasteiger partial charge in [0, 0.05) is 35.7 Å². The summed E-state index contributed by atoms with van der Waals surface area (Å²) >= 11 is 1.38. The molecule has 2 aliphatic heterocycles. The number of aliphatic carboxylic acids is 1. The largest absolute Gasteiger partial charge is 0.477 e. The van der Waals surface area contributed by atoms with Gasteiger partial charge in [-0.1, -0.05) is 11.8 Å². The molecule has 7 heteroatoms. The number of carbonyl (C=O) groups excluding carboxylic acids is 1. The van der Waals surface area contributed by atoms with Gasteiger partial charge in [-0.05, 0) is 26.0 Å². The molecule has 1 N–H and O–H groups in total. The number of nitrogens with zero attached hydrogens (tertiary/aromatic N) is 2. The summed E-state index contributed by atoms with van der Waals surface area (Å²) < 4.78 is 5.44. The standard InChI is InChI=1S/C16H18N2O4S/c1-16(2,22-3)12-10-8-11(23-9-4-6-17-7-5-9)13(15(20)21)18(10)14(12)19/h4-7,10,12H,8H2,1-3H3,(H,20,21)/t10-,12-/m1/s1. The van der Waals surface area contributed by atoms with Gasteiger partial charge in [-0.15, -0.1) is 0 Å². The first-order chi connectivity index (χ1) is 10.9. The third-order valence-electron chi connectivity index (χ3n) is 4.49. The highest BCUT2D eigenvalue weighted by Gasteiger charge is 2.60. The highest BCUT2D eigenvalue weighted by Crippen LogP contribution is 2.50. The van der Waals surface area contributed by atoms with Crippen LogP contribution < -0.4 is 0 Å². The molecule has 1 saturated heterocycles. The lowest BCUT2D eigenvalue weighted by Gasteiger charge is -2.49. The van der Waals surface area contributed by atoms with Crippen molar-refractivity contribution in [3.63, 3.8) is 0 Å². The molecule has 0 aromatic carbocycles. The minimum absolute atomic E-state index is 0.102. The number of carboxylic acid groups (broad SMARTS) is 1. The Labute approximate surface area is 138 Å². The van der Waals surface area contributed by atoms with Crippen molar-refractivity contribution in [1.82, 2.24) is 9.88 Å². The van der Waals surface area contributed by atoms with Crippen molar-refractivity contribution < 1.29 is 19.4 Å². The van der Waals surface area contributed by atoms with E-state index in [2.05, 4.69) is 4.98 Å². The SMILES string of the molecule is COC(C)(C)[C@H]1C(=O)N2C(C(=O)O)=C(Sc3ccncc3)C[C@H]12. The molecule has 1 fully saturated rings. The lowest BCUT2D eigenvalue weighted by molar-refractivity contribution is -0.172. The van der Waals surface area contributed by atoms with Crippen LogP contribution in [0.25, 0.3) is 0 Å². The Morgan fingerprint density at radius 2 is 2.09 bits per heavy atom. The summed E-state index contributed by atoms with van der Waals surface area (Å²) in [4.78, 5) is 31.1. The minimum Gasteiger partial charge on any atom is -0.477 e. The van der Waals surface area contributed by atoms with Crippen molar-refractivity contribution >= 4 is 23.6 Å². The second-order valence-electron chi connectivity index (χ2n) is 6.13. The zero-order valence-corrected chi connectivity index (χ0v) is 14.0. The van der Waals surface area contributed by atoms with Crippen molar-refractivity contribution in [2.45, 2.75) is 36.8 Å². The van der Waals surface area contributed by atoms with E-state index in [1.165, 1.54) is 16.7 Å². The fraction of sp³-hybridized carbons (Fsp3) is 0.438. The number of carbonyl (C=O) groups is 2. The molecule has 6 nitrogen and oxygen atoms in total. The molecular formula is C16H18N2O4S. The van der Waals surface area contributed by atoms with Gasteiger partial charge in [-0.25, -0.2) is 4.79 Å². The van der Waals surface area contributed by atoms with E-state index in [-0.39, 0.29) is 23.6 Å². The van der Waals surface area contributed by atoms with Gasteiger partial charge in [-0.3, -0.25) is 9.78 Å². The van der Waals surface area contributed by atoms with E-state index in [1.807, 2.05) is 26.0 Å². The number of carboxylic acids is 1. The second-order valence-corrected chi connectivity index (χ2v) is 7.30. The smallest absolute Gasteiger partial charge is 0.353 e. The van der Waals surface area contributed by atoms with Crippen LogP contribution in [-0.4, -0.2) is 45.6 Å². The maximum absolute atomic E-state index is 12.5. The third kappa shape index (κ3) is 2.53. The number of amides is 1. The molecule has 0 radical (unpaired) electrons. The van der Waals surface area contributed by atoms with E-state index in [0.29, 0.717) is 11.3 Å². The van der Waals surface area contributed by atoms with E-state index in [1.54, 1.807) is 19.5 Å². The van der Waals surface area contributed by atoms with Gasteiger partial charge in [0.1, 0.15) is 5.70 Å². The van der Waals surface area contributed by atoms with Crippen molar-refractivity contribution in [2.24, 2.45) is 5.92 Å². The second kappa shape index (κ2) is 5.65. The Bertz CT molecular complexity index is 687. The highest BCUT2D eigenvalue weighted by molar-refractivity contribution is 8.03. The van der Waals surface area contributed by atoms with Gasteiger partial charge in [0.05, 0.1) is 17.6 Å². The number of methoxy groups -OCH3 is 1. The van der Waals surface area contributed by atoms with Crippen molar-refractivity contribution in [3.8, 4) is 0 Å². The third-order valence-corrected chi connectivity index (χ3v) is 5.60. The van der Waals surface area contributed by atoms with Gasteiger partial charge in [0.25, 0.3) is 0 Å². The molecule has 0 unspecified atom stereocenters. The number of pyridine rings is 1. The first-order valence-electron chi connectivity index (χ1n) is 7.29. The Hall–Kier alpha value is -1.86. The number of fused-ring (bicyclic) bond motifs is 1. The van der Waals surface area contributed by atoms with Crippen molar-refractivity contribution in [1.29, 1.82) is 0 Å². The van der Waals surface area contributed by atoms with Crippen LogP contribution in [0.5, 0.6) is 0 Å². The first kappa shape index (κ1) is 16.0. The fourth-order valence-corrected chi connectivity index (χ4v) is 4.28. The van der Waals surface area contributed by atoms with Gasteiger partial charge in [0.15, 0.2) is 0 Å². The summed E-state index contributed by atoms with van der Waals surface area (Å²) in [6.45, 7) is 3.72. The zero-order valence-electron chi connectivity index (χ0n) is 13.1. The van der Waals surface area contributed by atoms with Gasteiger partial charge in [0.2, 0.25) is 5.91 Å². The molecule has 3 rings (SSSR count). The molecule has 1 amide bonds. The van der Waals surface area contributed by atoms with Crippen molar-refractivity contribution in [3.05, 3.63) is 35.1 Å². The Balaban J connectivity index is 1.90. The molecular weight excluding hydrogens is 316 g/mol. The average Bonchev–Trinajstić information content (AvgIpc) is 2.82. The van der Waals surface area contributed by atoms with E-state index < -0.39 is 11.6 Å². The van der Waals surface area contributed by atoms with Crippen LogP contribution >= 0.6 is 11.8 Å². The number of hydrogen-bond acceptors (Lipinski definition) is 5. The van der Waals surface area contributed by atoms with Crippen LogP contribution in [0.4, 0.5) is 0 Å². The predicted molar refractivity (Wildman–Crippen MR) is 84.6 cm³/mol. The van der Waals surface area contributed by atoms with Crippen LogP contribution in [0.1, 0.15) is 20.3 Å². The van der Waals surface area contributed by atoms with Crippen LogP contribution in [0, 0.1) is 5.92 Å². The summed E-state index contributed by atoms with van der Waals surface area (Å²) in [5.74, 6) is -1.56. The Morgan fingerprint density at radius 1 is 1.43 bits per heavy atom. The summed E-state index contributed by atoms with van der Waals surface area (Å²) in [5.41, 5.74) is -0.511. The number of thioether (sulfide) groups is 1. The number of ether oxygens (including phenoxy) is 1. The molecule has 23 heavy (non-hydrogen) atoms. The normalized spacial score (nSPS) is 23.8.